The normalized spacial score (nSPS) is 12.2. The van der Waals surface area contributed by atoms with Gasteiger partial charge in [-0.3, -0.25) is 9.36 Å². The lowest BCUT2D eigenvalue weighted by atomic mass is 10.0. The van der Waals surface area contributed by atoms with E-state index < -0.39 is 23.8 Å². The van der Waals surface area contributed by atoms with E-state index >= 15 is 0 Å². The lowest BCUT2D eigenvalue weighted by Crippen LogP contribution is -2.21. The van der Waals surface area contributed by atoms with Gasteiger partial charge in [-0.2, -0.15) is 0 Å². The van der Waals surface area contributed by atoms with Crippen molar-refractivity contribution in [3.05, 3.63) is 75.7 Å². The molecule has 0 aliphatic carbocycles. The number of hydrogen-bond donors (Lipinski definition) is 2. The third-order valence-corrected chi connectivity index (χ3v) is 5.68. The number of halogens is 3. The number of anilines is 1. The second-order valence-corrected chi connectivity index (χ2v) is 8.12. The SMILES string of the molecule is Cc1nc(N[C@H](C)c2cccc(C(F)F)c2F)c2cc(-c3cccnc3OCCO)c(=O)n(C)c2n1. The maximum absolute atomic E-state index is 14.8. The fraction of sp³-hybridized carbons (Fsp3) is 0.280. The van der Waals surface area contributed by atoms with Crippen molar-refractivity contribution >= 4 is 16.9 Å². The number of benzene rings is 1. The number of aliphatic hydroxyl groups is 1. The Morgan fingerprint density at radius 3 is 2.61 bits per heavy atom. The van der Waals surface area contributed by atoms with Crippen molar-refractivity contribution in [3.63, 3.8) is 0 Å². The maximum Gasteiger partial charge on any atom is 0.266 e. The number of hydrogen-bond acceptors (Lipinski definition) is 7. The van der Waals surface area contributed by atoms with Gasteiger partial charge in [0, 0.05) is 24.4 Å². The molecular formula is C25H24F3N5O3. The van der Waals surface area contributed by atoms with Crippen LogP contribution in [0.25, 0.3) is 22.2 Å². The molecule has 0 aliphatic rings. The molecule has 3 aromatic heterocycles. The van der Waals surface area contributed by atoms with Crippen LogP contribution >= 0.6 is 0 Å². The number of nitrogens with zero attached hydrogens (tertiary/aromatic N) is 4. The van der Waals surface area contributed by atoms with E-state index in [1.54, 1.807) is 39.1 Å². The van der Waals surface area contributed by atoms with E-state index in [9.17, 15) is 18.0 Å². The number of aromatic nitrogens is 4. The molecule has 36 heavy (non-hydrogen) atoms. The van der Waals surface area contributed by atoms with E-state index in [4.69, 9.17) is 9.84 Å². The molecule has 0 bridgehead atoms. The summed E-state index contributed by atoms with van der Waals surface area (Å²) in [6.45, 7) is 3.04. The summed E-state index contributed by atoms with van der Waals surface area (Å²) in [6, 6.07) is 8.02. The van der Waals surface area contributed by atoms with Gasteiger partial charge in [-0.05, 0) is 32.0 Å². The fourth-order valence-corrected chi connectivity index (χ4v) is 3.95. The number of aryl methyl sites for hydroxylation is 2. The lowest BCUT2D eigenvalue weighted by Gasteiger charge is -2.19. The molecule has 188 valence electrons. The summed E-state index contributed by atoms with van der Waals surface area (Å²) in [4.78, 5) is 26.3. The average molecular weight is 499 g/mol. The smallest absolute Gasteiger partial charge is 0.266 e. The molecule has 11 heteroatoms. The highest BCUT2D eigenvalue weighted by molar-refractivity contribution is 5.91. The number of alkyl halides is 2. The van der Waals surface area contributed by atoms with Crippen molar-refractivity contribution in [2.75, 3.05) is 18.5 Å². The molecule has 0 radical (unpaired) electrons. The largest absolute Gasteiger partial charge is 0.475 e. The molecule has 0 saturated heterocycles. The van der Waals surface area contributed by atoms with Gasteiger partial charge in [-0.15, -0.1) is 0 Å². The highest BCUT2D eigenvalue weighted by Gasteiger charge is 2.22. The molecule has 3 heterocycles. The van der Waals surface area contributed by atoms with Crippen LogP contribution in [0, 0.1) is 12.7 Å². The standard InChI is InChI=1S/C25H24F3N5O3/c1-13(15-6-4-7-17(20(15)26)21(27)28)30-22-19-12-18(16-8-5-9-29-24(16)36-11-10-34)25(35)33(3)23(19)32-14(2)31-22/h4-9,12-13,21,34H,10-11H2,1-3H3,(H,30,31,32)/t13-/m1/s1. The molecule has 4 rings (SSSR count). The minimum atomic E-state index is -2.95. The fourth-order valence-electron chi connectivity index (χ4n) is 3.95. The minimum Gasteiger partial charge on any atom is -0.475 e. The summed E-state index contributed by atoms with van der Waals surface area (Å²) in [7, 11) is 1.56. The van der Waals surface area contributed by atoms with Gasteiger partial charge >= 0.3 is 0 Å². The molecule has 0 spiro atoms. The van der Waals surface area contributed by atoms with Crippen LogP contribution in [0.4, 0.5) is 19.0 Å². The summed E-state index contributed by atoms with van der Waals surface area (Å²) < 4.78 is 48.1. The Balaban J connectivity index is 1.86. The summed E-state index contributed by atoms with van der Waals surface area (Å²) in [5.41, 5.74) is -0.00822. The second kappa shape index (κ2) is 10.3. The van der Waals surface area contributed by atoms with E-state index in [2.05, 4.69) is 20.3 Å². The predicted octanol–water partition coefficient (Wildman–Crippen LogP) is 4.32. The van der Waals surface area contributed by atoms with Crippen molar-refractivity contribution in [3.8, 4) is 17.0 Å². The van der Waals surface area contributed by atoms with Gasteiger partial charge in [0.15, 0.2) is 0 Å². The molecule has 8 nitrogen and oxygen atoms in total. The zero-order valence-corrected chi connectivity index (χ0v) is 19.8. The van der Waals surface area contributed by atoms with Gasteiger partial charge in [-0.25, -0.2) is 28.1 Å². The Morgan fingerprint density at radius 2 is 1.89 bits per heavy atom. The van der Waals surface area contributed by atoms with Crippen LogP contribution in [0.2, 0.25) is 0 Å². The number of nitrogens with one attached hydrogen (secondary N) is 1. The highest BCUT2D eigenvalue weighted by Crippen LogP contribution is 2.32. The van der Waals surface area contributed by atoms with E-state index in [1.807, 2.05) is 0 Å². The van der Waals surface area contributed by atoms with Crippen molar-refractivity contribution in [1.29, 1.82) is 0 Å². The van der Waals surface area contributed by atoms with Gasteiger partial charge in [0.25, 0.3) is 12.0 Å². The first-order valence-corrected chi connectivity index (χ1v) is 11.1. The molecule has 1 aromatic carbocycles. The number of fused-ring (bicyclic) bond motifs is 1. The molecule has 0 fully saturated rings. The Bertz CT molecular complexity index is 1480. The monoisotopic (exact) mass is 499 g/mol. The van der Waals surface area contributed by atoms with Crippen LogP contribution in [0.1, 0.15) is 36.3 Å². The Hall–Kier alpha value is -3.99. The summed E-state index contributed by atoms with van der Waals surface area (Å²) in [6.07, 6.45) is -1.44. The molecule has 1 atom stereocenters. The number of ether oxygens (including phenoxy) is 1. The lowest BCUT2D eigenvalue weighted by molar-refractivity contribution is 0.146. The van der Waals surface area contributed by atoms with E-state index in [0.717, 1.165) is 6.07 Å². The van der Waals surface area contributed by atoms with Crippen molar-refractivity contribution < 1.29 is 23.0 Å². The van der Waals surface area contributed by atoms with Gasteiger partial charge < -0.3 is 15.2 Å². The molecule has 4 aromatic rings. The van der Waals surface area contributed by atoms with Crippen LogP contribution in [0.15, 0.2) is 47.4 Å². The first-order valence-electron chi connectivity index (χ1n) is 11.1. The Morgan fingerprint density at radius 1 is 1.14 bits per heavy atom. The molecule has 0 amide bonds. The zero-order chi connectivity index (χ0) is 26.0. The third-order valence-electron chi connectivity index (χ3n) is 5.68. The van der Waals surface area contributed by atoms with E-state index in [0.29, 0.717) is 28.2 Å². The quantitative estimate of drug-likeness (QED) is 0.372. The molecular weight excluding hydrogens is 475 g/mol. The highest BCUT2D eigenvalue weighted by atomic mass is 19.3. The zero-order valence-electron chi connectivity index (χ0n) is 19.8. The van der Waals surface area contributed by atoms with E-state index in [-0.39, 0.29) is 35.8 Å². The summed E-state index contributed by atoms with van der Waals surface area (Å²) in [5, 5.41) is 12.7. The first-order chi connectivity index (χ1) is 17.2. The summed E-state index contributed by atoms with van der Waals surface area (Å²) in [5.74, 6) is -0.165. The van der Waals surface area contributed by atoms with E-state index in [1.165, 1.54) is 22.9 Å². The Kier molecular flexibility index (Phi) is 7.20. The molecule has 0 aliphatic heterocycles. The topological polar surface area (TPSA) is 102 Å². The van der Waals surface area contributed by atoms with Crippen LogP contribution in [-0.4, -0.2) is 37.8 Å². The number of pyridine rings is 2. The molecule has 0 unspecified atom stereocenters. The number of rotatable bonds is 8. The van der Waals surface area contributed by atoms with Crippen LogP contribution in [0.3, 0.4) is 0 Å². The maximum atomic E-state index is 14.8. The van der Waals surface area contributed by atoms with Crippen molar-refractivity contribution in [2.24, 2.45) is 7.05 Å². The minimum absolute atomic E-state index is 0.00617. The van der Waals surface area contributed by atoms with Crippen molar-refractivity contribution in [2.45, 2.75) is 26.3 Å². The van der Waals surface area contributed by atoms with Crippen LogP contribution in [-0.2, 0) is 7.05 Å². The number of aliphatic hydroxyl groups excluding tert-OH is 1. The van der Waals surface area contributed by atoms with Crippen LogP contribution in [0.5, 0.6) is 5.88 Å². The molecule has 2 N–H and O–H groups in total. The van der Waals surface area contributed by atoms with Gasteiger partial charge in [0.1, 0.15) is 29.7 Å². The Labute approximate surface area is 204 Å². The summed E-state index contributed by atoms with van der Waals surface area (Å²) >= 11 is 0. The first kappa shape index (κ1) is 25.1. The third kappa shape index (κ3) is 4.74. The van der Waals surface area contributed by atoms with Crippen molar-refractivity contribution in [1.82, 2.24) is 19.5 Å². The average Bonchev–Trinajstić information content (AvgIpc) is 2.85. The van der Waals surface area contributed by atoms with Crippen LogP contribution < -0.4 is 15.6 Å². The molecule has 0 saturated carbocycles. The second-order valence-electron chi connectivity index (χ2n) is 8.12. The predicted molar refractivity (Wildman–Crippen MR) is 129 cm³/mol. The van der Waals surface area contributed by atoms with Gasteiger partial charge in [-0.1, -0.05) is 18.2 Å². The van der Waals surface area contributed by atoms with Gasteiger partial charge in [0.05, 0.1) is 29.2 Å². The van der Waals surface area contributed by atoms with Gasteiger partial charge in [0.2, 0.25) is 5.88 Å².